The van der Waals surface area contributed by atoms with Crippen LogP contribution in [0.3, 0.4) is 0 Å². The fourth-order valence-electron chi connectivity index (χ4n) is 0.918. The summed E-state index contributed by atoms with van der Waals surface area (Å²) in [6.07, 6.45) is -1.06. The van der Waals surface area contributed by atoms with Crippen LogP contribution < -0.4 is 4.74 Å². The molecule has 1 rings (SSSR count). The summed E-state index contributed by atoms with van der Waals surface area (Å²) >= 11 is 0. The quantitative estimate of drug-likeness (QED) is 0.707. The van der Waals surface area contributed by atoms with Crippen LogP contribution in [0.15, 0.2) is 24.3 Å². The molecule has 1 aromatic carbocycles. The van der Waals surface area contributed by atoms with Crippen LogP contribution in [0.5, 0.6) is 5.75 Å². The summed E-state index contributed by atoms with van der Waals surface area (Å²) < 4.78 is 5.17. The van der Waals surface area contributed by atoms with Gasteiger partial charge in [0.15, 0.2) is 6.10 Å². The van der Waals surface area contributed by atoms with Gasteiger partial charge < -0.3 is 9.84 Å². The number of ether oxygens (including phenoxy) is 1. The van der Waals surface area contributed by atoms with Crippen LogP contribution in [-0.4, -0.2) is 17.8 Å². The Morgan fingerprint density at radius 2 is 2.38 bits per heavy atom. The summed E-state index contributed by atoms with van der Waals surface area (Å²) in [7, 11) is 0. The van der Waals surface area contributed by atoms with Gasteiger partial charge in [-0.15, -0.1) is 0 Å². The third-order valence-electron chi connectivity index (χ3n) is 1.55. The normalized spacial score (nSPS) is 11.8. The summed E-state index contributed by atoms with van der Waals surface area (Å²) in [4.78, 5) is 0. The molecule has 0 fully saturated rings. The average molecular weight is 177 g/mol. The molecular formula is C10H11NO2. The lowest BCUT2D eigenvalue weighted by Gasteiger charge is -2.06. The fourth-order valence-corrected chi connectivity index (χ4v) is 0.918. The second-order valence-electron chi connectivity index (χ2n) is 2.77. The van der Waals surface area contributed by atoms with Gasteiger partial charge in [-0.25, -0.2) is 0 Å². The average Bonchev–Trinajstić information content (AvgIpc) is 2.14. The molecule has 1 N–H and O–H groups in total. The largest absolute Gasteiger partial charge is 0.490 e. The van der Waals surface area contributed by atoms with Gasteiger partial charge in [-0.05, 0) is 24.6 Å². The lowest BCUT2D eigenvalue weighted by atomic mass is 10.2. The van der Waals surface area contributed by atoms with Crippen LogP contribution in [0.2, 0.25) is 0 Å². The highest BCUT2D eigenvalue weighted by molar-refractivity contribution is 5.27. The molecule has 0 aliphatic carbocycles. The molecule has 0 unspecified atom stereocenters. The highest BCUT2D eigenvalue weighted by Crippen LogP contribution is 2.12. The highest BCUT2D eigenvalue weighted by atomic mass is 16.5. The van der Waals surface area contributed by atoms with Gasteiger partial charge in [0.05, 0.1) is 6.07 Å². The number of nitrogens with zero attached hydrogens (tertiary/aromatic N) is 1. The molecule has 13 heavy (non-hydrogen) atoms. The van der Waals surface area contributed by atoms with Crippen molar-refractivity contribution in [1.29, 1.82) is 5.26 Å². The molecule has 3 nitrogen and oxygen atoms in total. The van der Waals surface area contributed by atoms with Crippen LogP contribution in [-0.2, 0) is 0 Å². The van der Waals surface area contributed by atoms with Crippen molar-refractivity contribution in [3.8, 4) is 11.8 Å². The number of aliphatic hydroxyl groups is 1. The van der Waals surface area contributed by atoms with E-state index in [1.165, 1.54) is 0 Å². The maximum Gasteiger partial charge on any atom is 0.174 e. The van der Waals surface area contributed by atoms with Crippen molar-refractivity contribution in [1.82, 2.24) is 0 Å². The van der Waals surface area contributed by atoms with E-state index in [0.29, 0.717) is 5.75 Å². The smallest absolute Gasteiger partial charge is 0.174 e. The van der Waals surface area contributed by atoms with Crippen LogP contribution in [0, 0.1) is 18.3 Å². The monoisotopic (exact) mass is 177 g/mol. The molecule has 3 heteroatoms. The van der Waals surface area contributed by atoms with Crippen molar-refractivity contribution in [2.24, 2.45) is 0 Å². The SMILES string of the molecule is Cc1cccc(OC[C@H](O)C#N)c1. The zero-order valence-corrected chi connectivity index (χ0v) is 7.40. The first-order chi connectivity index (χ1) is 6.22. The second-order valence-corrected chi connectivity index (χ2v) is 2.77. The van der Waals surface area contributed by atoms with E-state index >= 15 is 0 Å². The van der Waals surface area contributed by atoms with Gasteiger partial charge >= 0.3 is 0 Å². The summed E-state index contributed by atoms with van der Waals surface area (Å²) in [6, 6.07) is 9.14. The van der Waals surface area contributed by atoms with E-state index in [2.05, 4.69) is 0 Å². The number of hydrogen-bond donors (Lipinski definition) is 1. The van der Waals surface area contributed by atoms with Crippen molar-refractivity contribution in [3.63, 3.8) is 0 Å². The molecule has 0 spiro atoms. The summed E-state index contributed by atoms with van der Waals surface area (Å²) in [6.45, 7) is 1.97. The van der Waals surface area contributed by atoms with Crippen LogP contribution >= 0.6 is 0 Å². The van der Waals surface area contributed by atoms with Gasteiger partial charge in [-0.3, -0.25) is 0 Å². The van der Waals surface area contributed by atoms with E-state index in [4.69, 9.17) is 15.1 Å². The Bertz CT molecular complexity index is 317. The molecule has 0 heterocycles. The molecule has 0 saturated carbocycles. The zero-order chi connectivity index (χ0) is 9.68. The molecule has 1 atom stereocenters. The van der Waals surface area contributed by atoms with Crippen molar-refractivity contribution < 1.29 is 9.84 Å². The minimum atomic E-state index is -1.06. The number of benzene rings is 1. The fraction of sp³-hybridized carbons (Fsp3) is 0.300. The van der Waals surface area contributed by atoms with Crippen molar-refractivity contribution in [2.45, 2.75) is 13.0 Å². The van der Waals surface area contributed by atoms with Crippen molar-refractivity contribution in [3.05, 3.63) is 29.8 Å². The topological polar surface area (TPSA) is 53.2 Å². The van der Waals surface area contributed by atoms with Crippen LogP contribution in [0.4, 0.5) is 0 Å². The molecular weight excluding hydrogens is 166 g/mol. The van der Waals surface area contributed by atoms with E-state index in [0.717, 1.165) is 5.56 Å². The number of aryl methyl sites for hydroxylation is 1. The molecule has 0 bridgehead atoms. The molecule has 68 valence electrons. The van der Waals surface area contributed by atoms with Crippen LogP contribution in [0.1, 0.15) is 5.56 Å². The number of rotatable bonds is 3. The van der Waals surface area contributed by atoms with Gasteiger partial charge in [-0.2, -0.15) is 5.26 Å². The van der Waals surface area contributed by atoms with E-state index in [9.17, 15) is 0 Å². The molecule has 0 amide bonds. The van der Waals surface area contributed by atoms with Gasteiger partial charge in [0.1, 0.15) is 12.4 Å². The van der Waals surface area contributed by atoms with E-state index in [-0.39, 0.29) is 6.61 Å². The summed E-state index contributed by atoms with van der Waals surface area (Å²) in [5, 5.41) is 17.2. The number of hydrogen-bond acceptors (Lipinski definition) is 3. The third kappa shape index (κ3) is 3.14. The van der Waals surface area contributed by atoms with Gasteiger partial charge in [0, 0.05) is 0 Å². The zero-order valence-electron chi connectivity index (χ0n) is 7.40. The standard InChI is InChI=1S/C10H11NO2/c1-8-3-2-4-10(5-8)13-7-9(12)6-11/h2-5,9,12H,7H2,1H3/t9-/m1/s1. The van der Waals surface area contributed by atoms with Gasteiger partial charge in [-0.1, -0.05) is 12.1 Å². The number of nitriles is 1. The van der Waals surface area contributed by atoms with E-state index < -0.39 is 6.10 Å². The maximum atomic E-state index is 8.90. The lowest BCUT2D eigenvalue weighted by molar-refractivity contribution is 0.150. The Labute approximate surface area is 77.2 Å². The second kappa shape index (κ2) is 4.48. The Kier molecular flexibility index (Phi) is 3.30. The molecule has 1 aromatic rings. The first kappa shape index (κ1) is 9.56. The molecule has 0 aromatic heterocycles. The molecule has 0 aliphatic heterocycles. The lowest BCUT2D eigenvalue weighted by Crippen LogP contribution is -2.14. The summed E-state index contributed by atoms with van der Waals surface area (Å²) in [5.41, 5.74) is 1.09. The van der Waals surface area contributed by atoms with Gasteiger partial charge in [0.2, 0.25) is 0 Å². The molecule has 0 radical (unpaired) electrons. The Morgan fingerprint density at radius 1 is 1.62 bits per heavy atom. The Morgan fingerprint density at radius 3 is 3.00 bits per heavy atom. The highest BCUT2D eigenvalue weighted by Gasteiger charge is 2.01. The predicted octanol–water partition coefficient (Wildman–Crippen LogP) is 1.26. The first-order valence-electron chi connectivity index (χ1n) is 3.99. The minimum Gasteiger partial charge on any atom is -0.490 e. The Hall–Kier alpha value is -1.53. The van der Waals surface area contributed by atoms with Gasteiger partial charge in [0.25, 0.3) is 0 Å². The molecule has 0 aliphatic rings. The predicted molar refractivity (Wildman–Crippen MR) is 48.3 cm³/mol. The summed E-state index contributed by atoms with van der Waals surface area (Å²) in [5.74, 6) is 0.675. The Balaban J connectivity index is 2.51. The van der Waals surface area contributed by atoms with Crippen molar-refractivity contribution >= 4 is 0 Å². The third-order valence-corrected chi connectivity index (χ3v) is 1.55. The number of aliphatic hydroxyl groups excluding tert-OH is 1. The van der Waals surface area contributed by atoms with Crippen LogP contribution in [0.25, 0.3) is 0 Å². The molecule has 0 saturated heterocycles. The maximum absolute atomic E-state index is 8.90. The first-order valence-corrected chi connectivity index (χ1v) is 3.99. The minimum absolute atomic E-state index is 0.0138. The van der Waals surface area contributed by atoms with E-state index in [1.807, 2.05) is 25.1 Å². The van der Waals surface area contributed by atoms with E-state index in [1.54, 1.807) is 12.1 Å². The van der Waals surface area contributed by atoms with Crippen molar-refractivity contribution in [2.75, 3.05) is 6.61 Å².